The normalized spacial score (nSPS) is 28.1. The molecule has 2 rings (SSSR count). The van der Waals surface area contributed by atoms with E-state index in [1.807, 2.05) is 13.0 Å². The number of halogens is 3. The van der Waals surface area contributed by atoms with Crippen molar-refractivity contribution < 1.29 is 18.3 Å². The average molecular weight is 269 g/mol. The largest absolute Gasteiger partial charge is 0.387 e. The van der Waals surface area contributed by atoms with E-state index in [0.717, 1.165) is 6.42 Å². The summed E-state index contributed by atoms with van der Waals surface area (Å²) in [7, 11) is 0. The van der Waals surface area contributed by atoms with Crippen molar-refractivity contribution in [1.82, 2.24) is 0 Å². The third kappa shape index (κ3) is 2.33. The highest BCUT2D eigenvalue weighted by molar-refractivity contribution is 5.27. The molecule has 0 amide bonds. The molecule has 0 aliphatic heterocycles. The molecule has 1 aromatic carbocycles. The number of nitriles is 1. The van der Waals surface area contributed by atoms with Crippen LogP contribution >= 0.6 is 0 Å². The van der Waals surface area contributed by atoms with Crippen molar-refractivity contribution in [3.63, 3.8) is 0 Å². The zero-order chi connectivity index (χ0) is 14.2. The van der Waals surface area contributed by atoms with E-state index >= 15 is 0 Å². The summed E-state index contributed by atoms with van der Waals surface area (Å²) in [6.07, 6.45) is 0.140. The van der Waals surface area contributed by atoms with Gasteiger partial charge in [0.1, 0.15) is 11.9 Å². The molecule has 0 radical (unpaired) electrons. The van der Waals surface area contributed by atoms with Gasteiger partial charge in [0.05, 0.1) is 11.5 Å². The molecule has 0 saturated heterocycles. The van der Waals surface area contributed by atoms with E-state index in [-0.39, 0.29) is 11.5 Å². The first-order valence-corrected chi connectivity index (χ1v) is 6.13. The molecule has 1 fully saturated rings. The molecule has 102 valence electrons. The number of aliphatic hydroxyl groups excluding tert-OH is 1. The fourth-order valence-electron chi connectivity index (χ4n) is 2.79. The Morgan fingerprint density at radius 2 is 1.95 bits per heavy atom. The summed E-state index contributed by atoms with van der Waals surface area (Å²) in [5.74, 6) is -3.32. The molecule has 1 aliphatic rings. The summed E-state index contributed by atoms with van der Waals surface area (Å²) < 4.78 is 39.7. The predicted molar refractivity (Wildman–Crippen MR) is 62.3 cm³/mol. The summed E-state index contributed by atoms with van der Waals surface area (Å²) in [6, 6.07) is 3.07. The van der Waals surface area contributed by atoms with Gasteiger partial charge in [0.2, 0.25) is 0 Å². The van der Waals surface area contributed by atoms with Gasteiger partial charge in [-0.2, -0.15) is 5.26 Å². The molecule has 1 N–H and O–H groups in total. The highest BCUT2D eigenvalue weighted by Crippen LogP contribution is 2.49. The first-order valence-electron chi connectivity index (χ1n) is 6.13. The first-order chi connectivity index (χ1) is 8.89. The molecule has 3 unspecified atom stereocenters. The molecule has 5 heteroatoms. The Morgan fingerprint density at radius 1 is 1.32 bits per heavy atom. The van der Waals surface area contributed by atoms with Crippen molar-refractivity contribution in [1.29, 1.82) is 5.26 Å². The van der Waals surface area contributed by atoms with Crippen molar-refractivity contribution in [2.45, 2.75) is 32.3 Å². The van der Waals surface area contributed by atoms with Gasteiger partial charge in [-0.25, -0.2) is 13.2 Å². The molecular formula is C14H14F3NO. The molecule has 0 spiro atoms. The van der Waals surface area contributed by atoms with E-state index in [2.05, 4.69) is 0 Å². The van der Waals surface area contributed by atoms with Crippen LogP contribution in [0.25, 0.3) is 0 Å². The van der Waals surface area contributed by atoms with Crippen LogP contribution in [0.2, 0.25) is 0 Å². The lowest BCUT2D eigenvalue weighted by Gasteiger charge is -2.27. The van der Waals surface area contributed by atoms with Crippen LogP contribution in [0.5, 0.6) is 0 Å². The molecule has 1 saturated carbocycles. The maximum absolute atomic E-state index is 13.7. The summed E-state index contributed by atoms with van der Waals surface area (Å²) in [5, 5.41) is 19.5. The Labute approximate surface area is 109 Å². The number of aliphatic hydroxyl groups is 1. The van der Waals surface area contributed by atoms with Crippen LogP contribution in [-0.4, -0.2) is 5.11 Å². The SMILES string of the molecule is CC1CCC(C#N)(C(O)c2cc(F)c(F)cc2F)C1. The molecule has 3 atom stereocenters. The maximum atomic E-state index is 13.7. The van der Waals surface area contributed by atoms with Gasteiger partial charge in [-0.1, -0.05) is 6.92 Å². The number of hydrogen-bond acceptors (Lipinski definition) is 2. The second-order valence-corrected chi connectivity index (χ2v) is 5.31. The second kappa shape index (κ2) is 4.86. The third-order valence-electron chi connectivity index (χ3n) is 3.88. The van der Waals surface area contributed by atoms with Crippen molar-refractivity contribution in [3.05, 3.63) is 35.1 Å². The molecule has 19 heavy (non-hydrogen) atoms. The Bertz CT molecular complexity index is 540. The van der Waals surface area contributed by atoms with Crippen LogP contribution in [0.15, 0.2) is 12.1 Å². The number of hydrogen-bond donors (Lipinski definition) is 1. The zero-order valence-electron chi connectivity index (χ0n) is 10.5. The predicted octanol–water partition coefficient (Wildman–Crippen LogP) is 3.47. The third-order valence-corrected chi connectivity index (χ3v) is 3.88. The van der Waals surface area contributed by atoms with E-state index in [1.165, 1.54) is 0 Å². The zero-order valence-corrected chi connectivity index (χ0v) is 10.5. The monoisotopic (exact) mass is 269 g/mol. The summed E-state index contributed by atoms with van der Waals surface area (Å²) >= 11 is 0. The minimum Gasteiger partial charge on any atom is -0.387 e. The van der Waals surface area contributed by atoms with E-state index in [9.17, 15) is 23.5 Å². The molecule has 0 aromatic heterocycles. The number of benzene rings is 1. The minimum absolute atomic E-state index is 0.239. The lowest BCUT2D eigenvalue weighted by molar-refractivity contribution is 0.0611. The topological polar surface area (TPSA) is 44.0 Å². The average Bonchev–Trinajstić information content (AvgIpc) is 2.76. The number of nitrogens with zero attached hydrogens (tertiary/aromatic N) is 1. The lowest BCUT2D eigenvalue weighted by Crippen LogP contribution is -2.25. The van der Waals surface area contributed by atoms with Crippen LogP contribution in [0.1, 0.15) is 37.9 Å². The molecule has 0 bridgehead atoms. The fraction of sp³-hybridized carbons (Fsp3) is 0.500. The van der Waals surface area contributed by atoms with Gasteiger partial charge in [0, 0.05) is 11.6 Å². The molecule has 0 heterocycles. The second-order valence-electron chi connectivity index (χ2n) is 5.31. The van der Waals surface area contributed by atoms with E-state index in [0.29, 0.717) is 25.0 Å². The molecule has 1 aliphatic carbocycles. The van der Waals surface area contributed by atoms with E-state index < -0.39 is 29.0 Å². The van der Waals surface area contributed by atoms with Crippen LogP contribution in [0.4, 0.5) is 13.2 Å². The standard InChI is InChI=1S/C14H14F3NO/c1-8-2-3-14(6-8,7-18)13(19)9-4-11(16)12(17)5-10(9)15/h4-5,8,13,19H,2-3,6H2,1H3. The van der Waals surface area contributed by atoms with Crippen molar-refractivity contribution >= 4 is 0 Å². The van der Waals surface area contributed by atoms with Crippen molar-refractivity contribution in [3.8, 4) is 6.07 Å². The van der Waals surface area contributed by atoms with Crippen molar-refractivity contribution in [2.75, 3.05) is 0 Å². The Morgan fingerprint density at radius 3 is 2.47 bits per heavy atom. The van der Waals surface area contributed by atoms with Gasteiger partial charge in [-0.05, 0) is 31.2 Å². The smallest absolute Gasteiger partial charge is 0.161 e. The summed E-state index contributed by atoms with van der Waals surface area (Å²) in [5.41, 5.74) is -1.47. The van der Waals surface area contributed by atoms with Gasteiger partial charge in [-0.15, -0.1) is 0 Å². The molecular weight excluding hydrogens is 255 g/mol. The lowest BCUT2D eigenvalue weighted by atomic mass is 9.78. The Balaban J connectivity index is 2.42. The number of rotatable bonds is 2. The highest BCUT2D eigenvalue weighted by Gasteiger charge is 2.45. The van der Waals surface area contributed by atoms with Gasteiger partial charge in [0.25, 0.3) is 0 Å². The summed E-state index contributed by atoms with van der Waals surface area (Å²) in [6.45, 7) is 1.94. The van der Waals surface area contributed by atoms with Gasteiger partial charge in [0.15, 0.2) is 11.6 Å². The Kier molecular flexibility index (Phi) is 3.55. The van der Waals surface area contributed by atoms with Gasteiger partial charge >= 0.3 is 0 Å². The summed E-state index contributed by atoms with van der Waals surface area (Å²) in [4.78, 5) is 0. The highest BCUT2D eigenvalue weighted by atomic mass is 19.2. The van der Waals surface area contributed by atoms with Crippen molar-refractivity contribution in [2.24, 2.45) is 11.3 Å². The maximum Gasteiger partial charge on any atom is 0.161 e. The van der Waals surface area contributed by atoms with Crippen LogP contribution < -0.4 is 0 Å². The van der Waals surface area contributed by atoms with Gasteiger partial charge in [-0.3, -0.25) is 0 Å². The van der Waals surface area contributed by atoms with E-state index in [1.54, 1.807) is 0 Å². The quantitative estimate of drug-likeness (QED) is 0.835. The fourth-order valence-corrected chi connectivity index (χ4v) is 2.79. The molecule has 2 nitrogen and oxygen atoms in total. The van der Waals surface area contributed by atoms with Gasteiger partial charge < -0.3 is 5.11 Å². The first kappa shape index (κ1) is 13.9. The van der Waals surface area contributed by atoms with Crippen LogP contribution in [0, 0.1) is 40.1 Å². The van der Waals surface area contributed by atoms with E-state index in [4.69, 9.17) is 0 Å². The van der Waals surface area contributed by atoms with Crippen LogP contribution in [0.3, 0.4) is 0 Å². The molecule has 1 aromatic rings. The Hall–Kier alpha value is -1.54. The van der Waals surface area contributed by atoms with Crippen LogP contribution in [-0.2, 0) is 0 Å². The minimum atomic E-state index is -1.45.